The van der Waals surface area contributed by atoms with Gasteiger partial charge in [-0.05, 0) is 40.5 Å². The summed E-state index contributed by atoms with van der Waals surface area (Å²) >= 11 is 3.62. The van der Waals surface area contributed by atoms with E-state index in [9.17, 15) is 0 Å². The van der Waals surface area contributed by atoms with Crippen LogP contribution in [-0.2, 0) is 17.8 Å². The van der Waals surface area contributed by atoms with E-state index in [2.05, 4.69) is 46.2 Å². The van der Waals surface area contributed by atoms with E-state index in [0.29, 0.717) is 6.61 Å². The van der Waals surface area contributed by atoms with E-state index in [1.165, 1.54) is 11.1 Å². The lowest BCUT2D eigenvalue weighted by Gasteiger charge is -2.09. The largest absolute Gasteiger partial charge is 0.376 e. The molecule has 17 heavy (non-hydrogen) atoms. The molecule has 0 fully saturated rings. The van der Waals surface area contributed by atoms with Crippen molar-refractivity contribution < 1.29 is 4.74 Å². The second-order valence-corrected chi connectivity index (χ2v) is 5.02. The van der Waals surface area contributed by atoms with Crippen LogP contribution in [0.1, 0.15) is 16.8 Å². The van der Waals surface area contributed by atoms with Crippen molar-refractivity contribution in [2.24, 2.45) is 0 Å². The molecule has 0 N–H and O–H groups in total. The number of benzene rings is 1. The SMILES string of the molecule is Cc1cccc(-n2nc3c(c2Br)COCC3)c1. The highest BCUT2D eigenvalue weighted by atomic mass is 79.9. The summed E-state index contributed by atoms with van der Waals surface area (Å²) in [6, 6.07) is 8.33. The summed E-state index contributed by atoms with van der Waals surface area (Å²) in [6.45, 7) is 3.51. The van der Waals surface area contributed by atoms with Crippen molar-refractivity contribution in [3.63, 3.8) is 0 Å². The van der Waals surface area contributed by atoms with Gasteiger partial charge in [0.05, 0.1) is 24.6 Å². The monoisotopic (exact) mass is 292 g/mol. The van der Waals surface area contributed by atoms with Gasteiger partial charge in [0, 0.05) is 12.0 Å². The number of aryl methyl sites for hydroxylation is 1. The minimum atomic E-state index is 0.654. The Labute approximate surface area is 109 Å². The first kappa shape index (κ1) is 11.0. The lowest BCUT2D eigenvalue weighted by molar-refractivity contribution is 0.110. The lowest BCUT2D eigenvalue weighted by atomic mass is 10.2. The quantitative estimate of drug-likeness (QED) is 0.808. The third-order valence-corrected chi connectivity index (χ3v) is 3.79. The van der Waals surface area contributed by atoms with Crippen molar-refractivity contribution in [3.05, 3.63) is 45.7 Å². The van der Waals surface area contributed by atoms with Gasteiger partial charge in [-0.15, -0.1) is 0 Å². The van der Waals surface area contributed by atoms with Crippen molar-refractivity contribution in [1.82, 2.24) is 9.78 Å². The van der Waals surface area contributed by atoms with Gasteiger partial charge in [-0.1, -0.05) is 12.1 Å². The minimum Gasteiger partial charge on any atom is -0.376 e. The topological polar surface area (TPSA) is 27.1 Å². The third kappa shape index (κ3) is 1.91. The summed E-state index contributed by atoms with van der Waals surface area (Å²) in [7, 11) is 0. The number of fused-ring (bicyclic) bond motifs is 1. The molecule has 1 aromatic carbocycles. The van der Waals surface area contributed by atoms with Crippen LogP contribution in [-0.4, -0.2) is 16.4 Å². The Kier molecular flexibility index (Phi) is 2.76. The van der Waals surface area contributed by atoms with Crippen LogP contribution < -0.4 is 0 Å². The summed E-state index contributed by atoms with van der Waals surface area (Å²) in [5, 5.41) is 4.65. The summed E-state index contributed by atoms with van der Waals surface area (Å²) in [4.78, 5) is 0. The number of halogens is 1. The van der Waals surface area contributed by atoms with E-state index < -0.39 is 0 Å². The predicted molar refractivity (Wildman–Crippen MR) is 69.4 cm³/mol. The van der Waals surface area contributed by atoms with Crippen LogP contribution in [0.4, 0.5) is 0 Å². The Morgan fingerprint density at radius 3 is 3.06 bits per heavy atom. The molecule has 0 unspecified atom stereocenters. The standard InChI is InChI=1S/C13H13BrN2O/c1-9-3-2-4-10(7-9)16-13(14)11-8-17-6-5-12(11)15-16/h2-4,7H,5-6,8H2,1H3. The molecule has 1 aliphatic rings. The number of rotatable bonds is 1. The molecular weight excluding hydrogens is 280 g/mol. The highest BCUT2D eigenvalue weighted by Crippen LogP contribution is 2.27. The van der Waals surface area contributed by atoms with Gasteiger partial charge in [0.25, 0.3) is 0 Å². The zero-order valence-electron chi connectivity index (χ0n) is 9.61. The van der Waals surface area contributed by atoms with Crippen LogP contribution in [0.2, 0.25) is 0 Å². The van der Waals surface area contributed by atoms with Crippen molar-refractivity contribution in [2.45, 2.75) is 20.0 Å². The van der Waals surface area contributed by atoms with Gasteiger partial charge >= 0.3 is 0 Å². The second kappa shape index (κ2) is 4.27. The van der Waals surface area contributed by atoms with Crippen molar-refractivity contribution >= 4 is 15.9 Å². The van der Waals surface area contributed by atoms with Crippen LogP contribution >= 0.6 is 15.9 Å². The Bertz CT molecular complexity index is 563. The molecule has 1 aromatic heterocycles. The highest BCUT2D eigenvalue weighted by molar-refractivity contribution is 9.10. The molecule has 4 heteroatoms. The maximum absolute atomic E-state index is 5.47. The van der Waals surface area contributed by atoms with Gasteiger partial charge in [-0.25, -0.2) is 4.68 Å². The number of hydrogen-bond acceptors (Lipinski definition) is 2. The maximum Gasteiger partial charge on any atom is 0.115 e. The first-order valence-corrected chi connectivity index (χ1v) is 6.46. The third-order valence-electron chi connectivity index (χ3n) is 2.98. The smallest absolute Gasteiger partial charge is 0.115 e. The molecule has 0 radical (unpaired) electrons. The zero-order chi connectivity index (χ0) is 11.8. The molecule has 2 heterocycles. The van der Waals surface area contributed by atoms with Crippen LogP contribution in [0, 0.1) is 6.92 Å². The van der Waals surface area contributed by atoms with E-state index in [-0.39, 0.29) is 0 Å². The van der Waals surface area contributed by atoms with E-state index in [1.807, 2.05) is 10.7 Å². The highest BCUT2D eigenvalue weighted by Gasteiger charge is 2.20. The van der Waals surface area contributed by atoms with E-state index in [0.717, 1.165) is 29.0 Å². The van der Waals surface area contributed by atoms with Gasteiger partial charge in [0.1, 0.15) is 4.60 Å². The van der Waals surface area contributed by atoms with Gasteiger partial charge in [0.15, 0.2) is 0 Å². The van der Waals surface area contributed by atoms with Crippen molar-refractivity contribution in [2.75, 3.05) is 6.61 Å². The van der Waals surface area contributed by atoms with Gasteiger partial charge in [-0.2, -0.15) is 5.10 Å². The fourth-order valence-corrected chi connectivity index (χ4v) is 2.72. The lowest BCUT2D eigenvalue weighted by Crippen LogP contribution is -2.08. The molecule has 3 rings (SSSR count). The fraction of sp³-hybridized carbons (Fsp3) is 0.308. The second-order valence-electron chi connectivity index (χ2n) is 4.27. The fourth-order valence-electron chi connectivity index (χ4n) is 2.09. The first-order valence-electron chi connectivity index (χ1n) is 5.67. The molecule has 1 aliphatic heterocycles. The van der Waals surface area contributed by atoms with Crippen LogP contribution in [0.25, 0.3) is 5.69 Å². The normalized spacial score (nSPS) is 14.7. The maximum atomic E-state index is 5.47. The number of aromatic nitrogens is 2. The molecule has 0 amide bonds. The Hall–Kier alpha value is -1.13. The molecular formula is C13H13BrN2O. The average molecular weight is 293 g/mol. The Morgan fingerprint density at radius 1 is 1.41 bits per heavy atom. The minimum absolute atomic E-state index is 0.654. The number of nitrogens with zero attached hydrogens (tertiary/aromatic N) is 2. The van der Waals surface area contributed by atoms with Gasteiger partial charge < -0.3 is 4.74 Å². The van der Waals surface area contributed by atoms with E-state index in [4.69, 9.17) is 4.74 Å². The summed E-state index contributed by atoms with van der Waals surface area (Å²) in [5.74, 6) is 0. The molecule has 0 saturated heterocycles. The molecule has 0 bridgehead atoms. The molecule has 0 aliphatic carbocycles. The average Bonchev–Trinajstić information content (AvgIpc) is 2.68. The van der Waals surface area contributed by atoms with Crippen molar-refractivity contribution in [3.8, 4) is 5.69 Å². The number of hydrogen-bond donors (Lipinski definition) is 0. The van der Waals surface area contributed by atoms with Crippen LogP contribution in [0.3, 0.4) is 0 Å². The molecule has 0 saturated carbocycles. The van der Waals surface area contributed by atoms with Crippen LogP contribution in [0.15, 0.2) is 28.9 Å². The Balaban J connectivity index is 2.12. The summed E-state index contributed by atoms with van der Waals surface area (Å²) < 4.78 is 8.43. The predicted octanol–water partition coefficient (Wildman–Crippen LogP) is 3.02. The first-order chi connectivity index (χ1) is 8.25. The zero-order valence-corrected chi connectivity index (χ0v) is 11.2. The van der Waals surface area contributed by atoms with Crippen LogP contribution in [0.5, 0.6) is 0 Å². The van der Waals surface area contributed by atoms with E-state index in [1.54, 1.807) is 0 Å². The van der Waals surface area contributed by atoms with Crippen molar-refractivity contribution in [1.29, 1.82) is 0 Å². The Morgan fingerprint density at radius 2 is 2.29 bits per heavy atom. The van der Waals surface area contributed by atoms with Gasteiger partial charge in [-0.3, -0.25) is 0 Å². The molecule has 2 aromatic rings. The molecule has 0 atom stereocenters. The summed E-state index contributed by atoms with van der Waals surface area (Å²) in [5.41, 5.74) is 4.65. The van der Waals surface area contributed by atoms with Gasteiger partial charge in [0.2, 0.25) is 0 Å². The summed E-state index contributed by atoms with van der Waals surface area (Å²) in [6.07, 6.45) is 0.896. The molecule has 3 nitrogen and oxygen atoms in total. The van der Waals surface area contributed by atoms with E-state index >= 15 is 0 Å². The molecule has 88 valence electrons. The molecule has 0 spiro atoms. The number of ether oxygens (including phenoxy) is 1.